The van der Waals surface area contributed by atoms with Gasteiger partial charge in [-0.05, 0) is 39.8 Å². The number of amides is 1. The summed E-state index contributed by atoms with van der Waals surface area (Å²) in [4.78, 5) is 24.8. The van der Waals surface area contributed by atoms with Crippen molar-refractivity contribution in [2.45, 2.75) is 18.6 Å². The highest BCUT2D eigenvalue weighted by atomic mass is 127. The molecule has 0 saturated carbocycles. The summed E-state index contributed by atoms with van der Waals surface area (Å²) in [6.07, 6.45) is -0.439. The van der Waals surface area contributed by atoms with Gasteiger partial charge in [-0.15, -0.1) is 0 Å². The first-order valence-corrected chi connectivity index (χ1v) is 8.84. The van der Waals surface area contributed by atoms with Gasteiger partial charge in [0.2, 0.25) is 0 Å². The molecule has 0 radical (unpaired) electrons. The van der Waals surface area contributed by atoms with Crippen LogP contribution < -0.4 is 5.32 Å². The smallest absolute Gasteiger partial charge is 0.328 e. The van der Waals surface area contributed by atoms with Crippen molar-refractivity contribution >= 4 is 34.5 Å². The molecule has 6 heteroatoms. The van der Waals surface area contributed by atoms with E-state index in [0.717, 1.165) is 14.7 Å². The topological polar surface area (TPSA) is 64.6 Å². The second-order valence-electron chi connectivity index (χ2n) is 5.41. The van der Waals surface area contributed by atoms with E-state index in [1.807, 2.05) is 42.5 Å². The van der Waals surface area contributed by atoms with Crippen molar-refractivity contribution in [3.63, 3.8) is 0 Å². The van der Waals surface area contributed by atoms with Crippen molar-refractivity contribution in [3.05, 3.63) is 69.3 Å². The number of halogens is 1. The third kappa shape index (κ3) is 5.27. The minimum Gasteiger partial charge on any atom is -0.467 e. The minimum atomic E-state index is -0.789. The summed E-state index contributed by atoms with van der Waals surface area (Å²) in [5, 5.41) is 2.75. The summed E-state index contributed by atoms with van der Waals surface area (Å²) in [7, 11) is 2.77. The van der Waals surface area contributed by atoms with Crippen LogP contribution in [0.2, 0.25) is 0 Å². The predicted molar refractivity (Wildman–Crippen MR) is 103 cm³/mol. The fourth-order valence-electron chi connectivity index (χ4n) is 2.49. The third-order valence-electron chi connectivity index (χ3n) is 3.76. The van der Waals surface area contributed by atoms with E-state index in [1.165, 1.54) is 14.2 Å². The van der Waals surface area contributed by atoms with E-state index in [2.05, 4.69) is 27.9 Å². The zero-order valence-corrected chi connectivity index (χ0v) is 16.2. The van der Waals surface area contributed by atoms with Gasteiger partial charge in [0.15, 0.2) is 6.10 Å². The van der Waals surface area contributed by atoms with Crippen LogP contribution in [-0.4, -0.2) is 32.1 Å². The maximum atomic E-state index is 12.6. The summed E-state index contributed by atoms with van der Waals surface area (Å²) in [5.41, 5.74) is 1.69. The summed E-state index contributed by atoms with van der Waals surface area (Å²) >= 11 is 2.20. The molecular weight excluding hydrogens is 433 g/mol. The van der Waals surface area contributed by atoms with E-state index >= 15 is 0 Å². The monoisotopic (exact) mass is 453 g/mol. The first-order valence-electron chi connectivity index (χ1n) is 7.76. The Morgan fingerprint density at radius 2 is 1.68 bits per heavy atom. The van der Waals surface area contributed by atoms with Gasteiger partial charge in [0.25, 0.3) is 5.91 Å². The van der Waals surface area contributed by atoms with E-state index in [9.17, 15) is 9.59 Å². The highest BCUT2D eigenvalue weighted by Gasteiger charge is 2.27. The molecule has 0 unspecified atom stereocenters. The Hall–Kier alpha value is -1.93. The van der Waals surface area contributed by atoms with Crippen molar-refractivity contribution < 1.29 is 19.1 Å². The van der Waals surface area contributed by atoms with Gasteiger partial charge in [-0.1, -0.05) is 48.5 Å². The van der Waals surface area contributed by atoms with E-state index < -0.39 is 18.1 Å². The molecule has 0 fully saturated rings. The van der Waals surface area contributed by atoms with Gasteiger partial charge in [-0.25, -0.2) is 4.79 Å². The Kier molecular flexibility index (Phi) is 7.39. The van der Waals surface area contributed by atoms with Crippen molar-refractivity contribution in [3.8, 4) is 0 Å². The number of esters is 1. The summed E-state index contributed by atoms with van der Waals surface area (Å²) in [5.74, 6) is -0.869. The van der Waals surface area contributed by atoms with Crippen molar-refractivity contribution in [2.75, 3.05) is 14.2 Å². The molecule has 25 heavy (non-hydrogen) atoms. The molecular formula is C19H20INO4. The lowest BCUT2D eigenvalue weighted by Gasteiger charge is -2.21. The molecule has 0 bridgehead atoms. The molecule has 2 aromatic carbocycles. The lowest BCUT2D eigenvalue weighted by molar-refractivity contribution is -0.146. The van der Waals surface area contributed by atoms with E-state index in [1.54, 1.807) is 12.1 Å². The van der Waals surface area contributed by atoms with Gasteiger partial charge in [0, 0.05) is 17.1 Å². The number of carbonyl (C=O) groups excluding carboxylic acids is 2. The Labute approximate surface area is 160 Å². The molecule has 0 aliphatic carbocycles. The first-order chi connectivity index (χ1) is 12.1. The first kappa shape index (κ1) is 19.4. The number of ether oxygens (including phenoxy) is 2. The Morgan fingerprint density at radius 1 is 1.04 bits per heavy atom. The summed E-state index contributed by atoms with van der Waals surface area (Å²) in [6, 6.07) is 16.1. The zero-order chi connectivity index (χ0) is 18.2. The molecule has 2 aromatic rings. The molecule has 0 aromatic heterocycles. The fourth-order valence-corrected chi connectivity index (χ4v) is 3.10. The van der Waals surface area contributed by atoms with Crippen molar-refractivity contribution in [2.24, 2.45) is 0 Å². The van der Waals surface area contributed by atoms with Crippen LogP contribution in [0.25, 0.3) is 0 Å². The molecule has 0 aliphatic heterocycles. The predicted octanol–water partition coefficient (Wildman–Crippen LogP) is 2.88. The molecule has 2 atom stereocenters. The molecule has 5 nitrogen and oxygen atoms in total. The Bertz CT molecular complexity index is 720. The van der Waals surface area contributed by atoms with Gasteiger partial charge in [-0.3, -0.25) is 4.79 Å². The number of carbonyl (C=O) groups is 2. The number of methoxy groups -OCH3 is 2. The number of benzene rings is 2. The normalized spacial score (nSPS) is 12.9. The van der Waals surface area contributed by atoms with Gasteiger partial charge >= 0.3 is 5.97 Å². The lowest BCUT2D eigenvalue weighted by atomic mass is 10.0. The van der Waals surface area contributed by atoms with Crippen LogP contribution in [-0.2, 0) is 25.5 Å². The highest BCUT2D eigenvalue weighted by Crippen LogP contribution is 2.18. The van der Waals surface area contributed by atoms with Gasteiger partial charge in [0.1, 0.15) is 6.04 Å². The van der Waals surface area contributed by atoms with Crippen LogP contribution in [0.15, 0.2) is 54.6 Å². The molecule has 132 valence electrons. The fraction of sp³-hybridized carbons (Fsp3) is 0.263. The second kappa shape index (κ2) is 9.53. The van der Waals surface area contributed by atoms with Crippen LogP contribution in [0.1, 0.15) is 17.2 Å². The Balaban J connectivity index is 2.17. The van der Waals surface area contributed by atoms with Gasteiger partial charge in [-0.2, -0.15) is 0 Å². The van der Waals surface area contributed by atoms with Gasteiger partial charge in [0.05, 0.1) is 7.11 Å². The number of rotatable bonds is 7. The van der Waals surface area contributed by atoms with Crippen molar-refractivity contribution in [1.29, 1.82) is 0 Å². The van der Waals surface area contributed by atoms with Gasteiger partial charge < -0.3 is 14.8 Å². The van der Waals surface area contributed by atoms with Crippen LogP contribution in [0, 0.1) is 3.57 Å². The van der Waals surface area contributed by atoms with Crippen LogP contribution in [0.5, 0.6) is 0 Å². The van der Waals surface area contributed by atoms with E-state index in [0.29, 0.717) is 6.42 Å². The lowest BCUT2D eigenvalue weighted by Crippen LogP contribution is -2.45. The van der Waals surface area contributed by atoms with E-state index in [-0.39, 0.29) is 5.91 Å². The summed E-state index contributed by atoms with van der Waals surface area (Å²) in [6.45, 7) is 0. The maximum absolute atomic E-state index is 12.6. The molecule has 1 amide bonds. The van der Waals surface area contributed by atoms with Crippen molar-refractivity contribution in [1.82, 2.24) is 5.32 Å². The van der Waals surface area contributed by atoms with Crippen LogP contribution >= 0.6 is 22.6 Å². The molecule has 1 N–H and O–H groups in total. The molecule has 0 saturated heterocycles. The number of nitrogens with one attached hydrogen (secondary N) is 1. The Morgan fingerprint density at radius 3 is 2.28 bits per heavy atom. The number of hydrogen-bond acceptors (Lipinski definition) is 4. The standard InChI is InChI=1S/C19H20INO4/c1-24-17(13-8-4-3-5-9-13)18(22)21-16(19(23)25-2)12-14-10-6-7-11-15(14)20/h3-11,16-17H,12H2,1-2H3,(H,21,22)/t16-,17-/m0/s1. The molecule has 2 rings (SSSR count). The molecule has 0 aliphatic rings. The van der Waals surface area contributed by atoms with Crippen LogP contribution in [0.4, 0.5) is 0 Å². The minimum absolute atomic E-state index is 0.350. The SMILES string of the molecule is COC(=O)[C@H](Cc1ccccc1I)NC(=O)[C@@H](OC)c1ccccc1. The summed E-state index contributed by atoms with van der Waals surface area (Å²) < 4.78 is 11.2. The quantitative estimate of drug-likeness (QED) is 0.518. The number of hydrogen-bond donors (Lipinski definition) is 1. The highest BCUT2D eigenvalue weighted by molar-refractivity contribution is 14.1. The largest absolute Gasteiger partial charge is 0.467 e. The van der Waals surface area contributed by atoms with Crippen LogP contribution in [0.3, 0.4) is 0 Å². The molecule has 0 spiro atoms. The second-order valence-corrected chi connectivity index (χ2v) is 6.57. The third-order valence-corrected chi connectivity index (χ3v) is 4.81. The average molecular weight is 453 g/mol. The molecule has 0 heterocycles. The maximum Gasteiger partial charge on any atom is 0.328 e. The average Bonchev–Trinajstić information content (AvgIpc) is 2.63. The zero-order valence-electron chi connectivity index (χ0n) is 14.1. The van der Waals surface area contributed by atoms with E-state index in [4.69, 9.17) is 9.47 Å².